The van der Waals surface area contributed by atoms with E-state index in [1.54, 1.807) is 27.0 Å². The molecule has 1 aromatic carbocycles. The minimum atomic E-state index is -1.04. The Kier molecular flexibility index (Phi) is 6.84. The quantitative estimate of drug-likeness (QED) is 0.336. The first kappa shape index (κ1) is 22.2. The average Bonchev–Trinajstić information content (AvgIpc) is 3.32. The van der Waals surface area contributed by atoms with Gasteiger partial charge in [-0.15, -0.1) is 0 Å². The Morgan fingerprint density at radius 3 is 2.74 bits per heavy atom. The highest BCUT2D eigenvalue weighted by atomic mass is 16.6. The molecule has 0 radical (unpaired) electrons. The number of benzene rings is 1. The van der Waals surface area contributed by atoms with E-state index in [9.17, 15) is 9.59 Å². The van der Waals surface area contributed by atoms with Crippen molar-refractivity contribution in [2.45, 2.75) is 51.7 Å². The molecule has 0 aliphatic heterocycles. The third-order valence-corrected chi connectivity index (χ3v) is 4.69. The highest BCUT2D eigenvalue weighted by molar-refractivity contribution is 5.94. The molecule has 0 spiro atoms. The Labute approximate surface area is 180 Å². The summed E-state index contributed by atoms with van der Waals surface area (Å²) < 4.78 is 5.40. The standard InChI is InChI=1S/C22H29N5O4/c1-22(2,3)31-21(30)27-17(10-6-7-11-23-20(28)29)19-25-13-18(26-19)15-12-24-16-9-5-4-8-14(15)16/h4-5,8-9,12-13,17,23-24H,6-7,10-11H2,1-3H3,(H,25,26)(H,27,30)(H,28,29). The Hall–Kier alpha value is -3.49. The molecule has 0 saturated carbocycles. The van der Waals surface area contributed by atoms with E-state index in [-0.39, 0.29) is 0 Å². The fraction of sp³-hybridized carbons (Fsp3) is 0.409. The van der Waals surface area contributed by atoms with Gasteiger partial charge >= 0.3 is 12.2 Å². The van der Waals surface area contributed by atoms with E-state index >= 15 is 0 Å². The van der Waals surface area contributed by atoms with Crippen LogP contribution >= 0.6 is 0 Å². The number of carboxylic acid groups (broad SMARTS) is 1. The summed E-state index contributed by atoms with van der Waals surface area (Å²) in [5.74, 6) is 0.623. The number of carbonyl (C=O) groups excluding carboxylic acids is 1. The zero-order valence-electron chi connectivity index (χ0n) is 18.0. The normalized spacial score (nSPS) is 12.5. The lowest BCUT2D eigenvalue weighted by molar-refractivity contribution is 0.0498. The van der Waals surface area contributed by atoms with Crippen molar-refractivity contribution in [3.8, 4) is 11.3 Å². The number of alkyl carbamates (subject to hydrolysis) is 1. The van der Waals surface area contributed by atoms with Crippen LogP contribution in [0.15, 0.2) is 36.7 Å². The van der Waals surface area contributed by atoms with Gasteiger partial charge in [0.2, 0.25) is 0 Å². The molecule has 9 nitrogen and oxygen atoms in total. The number of aromatic amines is 2. The van der Waals surface area contributed by atoms with Crippen molar-refractivity contribution in [1.29, 1.82) is 0 Å². The fourth-order valence-electron chi connectivity index (χ4n) is 3.34. The first-order valence-electron chi connectivity index (χ1n) is 10.3. The Morgan fingerprint density at radius 2 is 2.00 bits per heavy atom. The van der Waals surface area contributed by atoms with Gasteiger partial charge in [0.1, 0.15) is 11.4 Å². The van der Waals surface area contributed by atoms with Gasteiger partial charge in [-0.25, -0.2) is 14.6 Å². The summed E-state index contributed by atoms with van der Waals surface area (Å²) in [7, 11) is 0. The second-order valence-electron chi connectivity index (χ2n) is 8.36. The lowest BCUT2D eigenvalue weighted by Crippen LogP contribution is -2.35. The van der Waals surface area contributed by atoms with Gasteiger partial charge < -0.3 is 30.4 Å². The number of hydrogen-bond acceptors (Lipinski definition) is 4. The number of aromatic nitrogens is 3. The smallest absolute Gasteiger partial charge is 0.408 e. The van der Waals surface area contributed by atoms with Gasteiger partial charge in [-0.2, -0.15) is 0 Å². The lowest BCUT2D eigenvalue weighted by atomic mass is 10.1. The number of fused-ring (bicyclic) bond motifs is 1. The predicted octanol–water partition coefficient (Wildman–Crippen LogP) is 4.56. The number of nitrogens with zero attached hydrogens (tertiary/aromatic N) is 1. The topological polar surface area (TPSA) is 132 Å². The molecule has 0 saturated heterocycles. The monoisotopic (exact) mass is 427 g/mol. The second kappa shape index (κ2) is 9.55. The van der Waals surface area contributed by atoms with Crippen LogP contribution in [0.4, 0.5) is 9.59 Å². The second-order valence-corrected chi connectivity index (χ2v) is 8.36. The van der Waals surface area contributed by atoms with E-state index in [0.29, 0.717) is 31.6 Å². The maximum Gasteiger partial charge on any atom is 0.408 e. The van der Waals surface area contributed by atoms with Crippen molar-refractivity contribution >= 4 is 23.1 Å². The molecule has 0 aliphatic rings. The number of unbranched alkanes of at least 4 members (excludes halogenated alkanes) is 1. The van der Waals surface area contributed by atoms with Crippen molar-refractivity contribution in [3.05, 3.63) is 42.5 Å². The van der Waals surface area contributed by atoms with E-state index in [1.165, 1.54) is 0 Å². The van der Waals surface area contributed by atoms with Gasteiger partial charge in [0.15, 0.2) is 0 Å². The van der Waals surface area contributed by atoms with E-state index in [1.807, 2.05) is 30.5 Å². The highest BCUT2D eigenvalue weighted by Crippen LogP contribution is 2.28. The van der Waals surface area contributed by atoms with Crippen LogP contribution in [0, 0.1) is 0 Å². The molecule has 0 fully saturated rings. The molecule has 3 aromatic rings. The maximum absolute atomic E-state index is 12.4. The Morgan fingerprint density at radius 1 is 1.23 bits per heavy atom. The molecule has 5 N–H and O–H groups in total. The first-order chi connectivity index (χ1) is 14.7. The van der Waals surface area contributed by atoms with Crippen molar-refractivity contribution < 1.29 is 19.4 Å². The molecular weight excluding hydrogens is 398 g/mol. The minimum Gasteiger partial charge on any atom is -0.465 e. The number of nitrogens with one attached hydrogen (secondary N) is 4. The van der Waals surface area contributed by atoms with Crippen LogP contribution in [0.1, 0.15) is 51.9 Å². The molecule has 9 heteroatoms. The molecule has 31 heavy (non-hydrogen) atoms. The molecule has 2 amide bonds. The third-order valence-electron chi connectivity index (χ3n) is 4.69. The Balaban J connectivity index is 1.74. The van der Waals surface area contributed by atoms with Gasteiger partial charge in [-0.3, -0.25) is 0 Å². The lowest BCUT2D eigenvalue weighted by Gasteiger charge is -2.23. The molecule has 2 aromatic heterocycles. The van der Waals surface area contributed by atoms with Crippen molar-refractivity contribution in [2.75, 3.05) is 6.54 Å². The van der Waals surface area contributed by atoms with Crippen LogP contribution in [-0.4, -0.2) is 44.4 Å². The van der Waals surface area contributed by atoms with Gasteiger partial charge in [0.25, 0.3) is 0 Å². The zero-order valence-corrected chi connectivity index (χ0v) is 18.0. The molecule has 0 bridgehead atoms. The zero-order chi connectivity index (χ0) is 22.4. The summed E-state index contributed by atoms with van der Waals surface area (Å²) in [6, 6.07) is 7.61. The van der Waals surface area contributed by atoms with E-state index in [4.69, 9.17) is 9.84 Å². The summed E-state index contributed by atoms with van der Waals surface area (Å²) in [5.41, 5.74) is 2.26. The van der Waals surface area contributed by atoms with Gasteiger partial charge in [0, 0.05) is 29.2 Å². The van der Waals surface area contributed by atoms with E-state index in [2.05, 4.69) is 25.6 Å². The van der Waals surface area contributed by atoms with Gasteiger partial charge in [-0.05, 0) is 46.1 Å². The fourth-order valence-corrected chi connectivity index (χ4v) is 3.34. The summed E-state index contributed by atoms with van der Waals surface area (Å²) in [4.78, 5) is 34.0. The van der Waals surface area contributed by atoms with E-state index < -0.39 is 23.8 Å². The number of ether oxygens (including phenoxy) is 1. The van der Waals surface area contributed by atoms with Crippen LogP contribution in [0.2, 0.25) is 0 Å². The predicted molar refractivity (Wildman–Crippen MR) is 118 cm³/mol. The van der Waals surface area contributed by atoms with Gasteiger partial charge in [-0.1, -0.05) is 18.2 Å². The first-order valence-corrected chi connectivity index (χ1v) is 10.3. The number of hydrogen-bond donors (Lipinski definition) is 5. The molecule has 1 unspecified atom stereocenters. The third kappa shape index (κ3) is 6.24. The SMILES string of the molecule is CC(C)(C)OC(=O)NC(CCCCNC(=O)O)c1ncc(-c2c[nH]c3ccccc23)[nH]1. The molecule has 3 rings (SSSR count). The maximum atomic E-state index is 12.4. The van der Waals surface area contributed by atoms with Gasteiger partial charge in [0.05, 0.1) is 17.9 Å². The largest absolute Gasteiger partial charge is 0.465 e. The minimum absolute atomic E-state index is 0.354. The molecule has 166 valence electrons. The van der Waals surface area contributed by atoms with Crippen LogP contribution in [0.5, 0.6) is 0 Å². The number of rotatable bonds is 8. The van der Waals surface area contributed by atoms with Crippen molar-refractivity contribution in [1.82, 2.24) is 25.6 Å². The number of H-pyrrole nitrogens is 2. The number of amides is 2. The van der Waals surface area contributed by atoms with Crippen LogP contribution < -0.4 is 10.6 Å². The van der Waals surface area contributed by atoms with Crippen LogP contribution in [0.3, 0.4) is 0 Å². The van der Waals surface area contributed by atoms with Crippen molar-refractivity contribution in [3.63, 3.8) is 0 Å². The Bertz CT molecular complexity index is 1030. The number of carbonyl (C=O) groups is 2. The summed E-state index contributed by atoms with van der Waals surface area (Å²) in [5, 5.41) is 15.0. The van der Waals surface area contributed by atoms with E-state index in [0.717, 1.165) is 22.2 Å². The highest BCUT2D eigenvalue weighted by Gasteiger charge is 2.23. The van der Waals surface area contributed by atoms with Crippen LogP contribution in [0.25, 0.3) is 22.2 Å². The number of imidazole rings is 1. The molecule has 0 aliphatic carbocycles. The van der Waals surface area contributed by atoms with Crippen molar-refractivity contribution in [2.24, 2.45) is 0 Å². The number of para-hydroxylation sites is 1. The molecule has 1 atom stereocenters. The molecular formula is C22H29N5O4. The van der Waals surface area contributed by atoms with Crippen LogP contribution in [-0.2, 0) is 4.74 Å². The average molecular weight is 428 g/mol. The summed E-state index contributed by atoms with van der Waals surface area (Å²) >= 11 is 0. The summed E-state index contributed by atoms with van der Waals surface area (Å²) in [6.45, 7) is 5.77. The molecule has 2 heterocycles. The summed E-state index contributed by atoms with van der Waals surface area (Å²) in [6.07, 6.45) is 4.04.